The number of carbonyl (C=O) groups is 4. The fourth-order valence-electron chi connectivity index (χ4n) is 17.3. The molecule has 0 unspecified atom stereocenters. The van der Waals surface area contributed by atoms with Crippen molar-refractivity contribution in [2.75, 3.05) is 66.1 Å². The summed E-state index contributed by atoms with van der Waals surface area (Å²) in [7, 11) is 0. The first-order valence-corrected chi connectivity index (χ1v) is 42.5. The molecule has 11 saturated heterocycles. The van der Waals surface area contributed by atoms with Crippen LogP contribution in [0.1, 0.15) is 34.6 Å². The topological polar surface area (TPSA) is 917 Å². The highest BCUT2D eigenvalue weighted by atomic mass is 16.8. The second-order valence-electron chi connectivity index (χ2n) is 33.8. The molecule has 55 atom stereocenters. The van der Waals surface area contributed by atoms with Crippen LogP contribution >= 0.6 is 0 Å². The number of aliphatic hydroxyl groups is 30. The van der Waals surface area contributed by atoms with Gasteiger partial charge < -0.3 is 274 Å². The summed E-state index contributed by atoms with van der Waals surface area (Å²) < 4.78 is 128. The van der Waals surface area contributed by atoms with Crippen LogP contribution in [-0.2, 0) is 119 Å². The number of carbonyl (C=O) groups excluding carboxylic acids is 4. The maximum Gasteiger partial charge on any atom is 0.217 e. The van der Waals surface area contributed by atoms with Crippen LogP contribution in [0.2, 0.25) is 0 Å². The standard InChI is InChI=1S/C74H124N4O55/c1-16-35(91)45(101)51(107)70(115-16)130-60-34(78-20(5)90)67(123-28(13-86)58(60)129-71-52(108)47(103)38(94)23(8-81)119-71)133-63-49(105)40(96)25(10-83)121-74(63)132-62-55(111)73(127-57-27(12-85)122-66(33(44(57)100)77-19(4)89)126-56-26(11-84)116-64(112)31(43(56)99)75-17(2)87)125-30(59(62)128-65-32(76-18(3)88)42(98)36(92)21(6-79)117-65)15-114-69-54(110)61(131-72-53(109)48(104)39(95)24(9-82)120-72)41(97)29(124-69)14-113-68-50(106)46(102)37(93)22(7-80)118-68/h16,21-74,79-86,91-112H,6-15H2,1-5H3,(H,75,87)(H,76,88)(H,77,89)(H,78,90)/t16-,21+,22+,23+,24+,25+,26+,27+,28+,29+,30+,31+,32+,33+,34+,35+,36+,37+,38-,39+,40+,41+,42+,43+,44+,45+,46-,47-,48-,49-,50-,51-,52+,53-,54-,55-,56+,57+,58+,59+,60+,61-,62+,63-,64+,65-,66-,67-,68-,69-,70-,71-,72+,73-,74+/m0/s1. The highest BCUT2D eigenvalue weighted by Gasteiger charge is 2.63. The van der Waals surface area contributed by atoms with E-state index in [2.05, 4.69) is 21.3 Å². The van der Waals surface area contributed by atoms with Gasteiger partial charge in [0.15, 0.2) is 69.2 Å². The minimum absolute atomic E-state index is 0.839. The Hall–Kier alpha value is -4.16. The van der Waals surface area contributed by atoms with E-state index >= 15 is 0 Å². The van der Waals surface area contributed by atoms with Crippen LogP contribution in [-0.4, -0.2) is 580 Å². The molecular formula is C74H124N4O55. The van der Waals surface area contributed by atoms with Gasteiger partial charge in [0.05, 0.1) is 72.2 Å². The van der Waals surface area contributed by atoms with Gasteiger partial charge in [-0.1, -0.05) is 0 Å². The van der Waals surface area contributed by atoms with E-state index in [1.165, 1.54) is 6.92 Å². The van der Waals surface area contributed by atoms with Crippen molar-refractivity contribution in [3.8, 4) is 0 Å². The van der Waals surface area contributed by atoms with Crippen LogP contribution in [0.4, 0.5) is 0 Å². The molecule has 0 bridgehead atoms. The zero-order valence-corrected chi connectivity index (χ0v) is 71.4. The number of aliphatic hydroxyl groups excluding tert-OH is 30. The Morgan fingerprint density at radius 2 is 0.489 bits per heavy atom. The Kier molecular flexibility index (Phi) is 39.1. The van der Waals surface area contributed by atoms with Gasteiger partial charge in [0.1, 0.15) is 262 Å². The summed E-state index contributed by atoms with van der Waals surface area (Å²) in [5.74, 6) is -3.99. The zero-order valence-electron chi connectivity index (χ0n) is 71.4. The zero-order chi connectivity index (χ0) is 97.8. The molecule has 11 heterocycles. The molecule has 11 aliphatic rings. The third-order valence-corrected chi connectivity index (χ3v) is 24.5. The first kappa shape index (κ1) is 109. The van der Waals surface area contributed by atoms with Gasteiger partial charge in [0.25, 0.3) is 0 Å². The van der Waals surface area contributed by atoms with Gasteiger partial charge in [-0.3, -0.25) is 19.2 Å². The van der Waals surface area contributed by atoms with E-state index in [1.54, 1.807) is 0 Å². The van der Waals surface area contributed by atoms with Gasteiger partial charge in [-0.2, -0.15) is 0 Å². The van der Waals surface area contributed by atoms with E-state index in [1.807, 2.05) is 0 Å². The van der Waals surface area contributed by atoms with Crippen molar-refractivity contribution in [1.82, 2.24) is 21.3 Å². The average molecular weight is 1950 g/mol. The Labute approximate surface area is 752 Å². The minimum Gasteiger partial charge on any atom is -0.394 e. The lowest BCUT2D eigenvalue weighted by Gasteiger charge is -2.53. The third-order valence-electron chi connectivity index (χ3n) is 24.5. The molecule has 0 aromatic heterocycles. The monoisotopic (exact) mass is 1950 g/mol. The van der Waals surface area contributed by atoms with Crippen LogP contribution < -0.4 is 21.3 Å². The molecule has 0 radical (unpaired) electrons. The molecule has 770 valence electrons. The fourth-order valence-corrected chi connectivity index (χ4v) is 17.3. The maximum atomic E-state index is 13.8. The molecule has 11 aliphatic heterocycles. The first-order valence-electron chi connectivity index (χ1n) is 42.5. The molecule has 59 nitrogen and oxygen atoms in total. The molecule has 0 aliphatic carbocycles. The SMILES string of the molecule is CC(=O)N[C@@H]1[C@@H](O)[C@H](O[C@@H]2O[C@H](CO)[C@@H](O[C@@H]3O[C@H](CO[C@H]4O[C@H](CO[C@H]5O[C@H](CO)[C@@H](O)[C@H](O)[C@@H]5O)[C@@H](O)[C@H](O[C@H]5O[C@H](CO)[C@@H](O)[C@H](O)[C@@H]5O)[C@@H]4O)[C@@H](O[C@@H]4O[C@H](CO)[C@@H](O)[C@H](O)[C@H]4NC(C)=O)[C@H](O[C@H]4O[C@H](CO)[C@@H](O)[C@H](O)[C@@H]4O[C@@H]4O[C@H](CO)[C@@H](O[C@@H]5O[C@H](CO)[C@H](O)[C@H](O)[C@H]5O)[C@H](O[C@@H]5O[C@@H](C)[C@@H](O)[C@@H](O)[C@@H]5O)[C@H]4NC(C)=O)[C@@H]3O)[C@H](O)[C@H]2NC(C)=O)[C@@H](CO)O[C@H]1O. The van der Waals surface area contributed by atoms with E-state index in [0.717, 1.165) is 27.7 Å². The Morgan fingerprint density at radius 3 is 0.977 bits per heavy atom. The smallest absolute Gasteiger partial charge is 0.217 e. The second kappa shape index (κ2) is 47.6. The Morgan fingerprint density at radius 1 is 0.211 bits per heavy atom. The van der Waals surface area contributed by atoms with Gasteiger partial charge in [-0.25, -0.2) is 0 Å². The lowest BCUT2D eigenvalue weighted by atomic mass is 9.93. The summed E-state index contributed by atoms with van der Waals surface area (Å²) in [6, 6.07) is -8.06. The molecule has 4 amide bonds. The molecule has 34 N–H and O–H groups in total. The largest absolute Gasteiger partial charge is 0.394 e. The van der Waals surface area contributed by atoms with E-state index in [-0.39, 0.29) is 0 Å². The molecular weight excluding hydrogens is 1820 g/mol. The highest BCUT2D eigenvalue weighted by Crippen LogP contribution is 2.43. The summed E-state index contributed by atoms with van der Waals surface area (Å²) in [6.45, 7) is -7.12. The summed E-state index contributed by atoms with van der Waals surface area (Å²) in [5, 5.41) is 348. The molecule has 0 aromatic carbocycles. The molecule has 0 spiro atoms. The summed E-state index contributed by atoms with van der Waals surface area (Å²) in [6.07, 6.45) is -113. The number of amides is 4. The minimum atomic E-state index is -2.84. The molecule has 133 heavy (non-hydrogen) atoms. The summed E-state index contributed by atoms with van der Waals surface area (Å²) in [5.41, 5.74) is 0. The molecule has 0 aromatic rings. The molecule has 11 fully saturated rings. The normalized spacial score (nSPS) is 50.1. The van der Waals surface area contributed by atoms with Gasteiger partial charge in [0, 0.05) is 27.7 Å². The van der Waals surface area contributed by atoms with Gasteiger partial charge in [0.2, 0.25) is 23.6 Å². The maximum absolute atomic E-state index is 13.8. The fraction of sp³-hybridized carbons (Fsp3) is 0.946. The third kappa shape index (κ3) is 24.1. The van der Waals surface area contributed by atoms with Crippen molar-refractivity contribution in [3.63, 3.8) is 0 Å². The van der Waals surface area contributed by atoms with Gasteiger partial charge in [-0.15, -0.1) is 0 Å². The van der Waals surface area contributed by atoms with Crippen molar-refractivity contribution in [2.45, 2.75) is 372 Å². The Bertz CT molecular complexity index is 3630. The molecule has 59 heteroatoms. The van der Waals surface area contributed by atoms with Gasteiger partial charge >= 0.3 is 0 Å². The van der Waals surface area contributed by atoms with Crippen molar-refractivity contribution in [3.05, 3.63) is 0 Å². The van der Waals surface area contributed by atoms with E-state index in [0.29, 0.717) is 0 Å². The molecule has 0 saturated carbocycles. The van der Waals surface area contributed by atoms with E-state index in [9.17, 15) is 172 Å². The van der Waals surface area contributed by atoms with Crippen LogP contribution in [0.25, 0.3) is 0 Å². The average Bonchev–Trinajstić information content (AvgIpc) is 0.749. The predicted molar refractivity (Wildman–Crippen MR) is 407 cm³/mol. The van der Waals surface area contributed by atoms with Crippen molar-refractivity contribution in [1.29, 1.82) is 0 Å². The van der Waals surface area contributed by atoms with E-state index < -0.39 is 427 Å². The quantitative estimate of drug-likeness (QED) is 0.0284. The van der Waals surface area contributed by atoms with Gasteiger partial charge in [-0.05, 0) is 6.92 Å². The lowest BCUT2D eigenvalue weighted by molar-refractivity contribution is -0.411. The number of ether oxygens (including phenoxy) is 21. The van der Waals surface area contributed by atoms with Crippen LogP contribution in [0, 0.1) is 0 Å². The van der Waals surface area contributed by atoms with Crippen LogP contribution in [0.5, 0.6) is 0 Å². The predicted octanol–water partition coefficient (Wildman–Crippen LogP) is -23.4. The Balaban J connectivity index is 1.05. The van der Waals surface area contributed by atoms with Crippen LogP contribution in [0.15, 0.2) is 0 Å². The van der Waals surface area contributed by atoms with E-state index in [4.69, 9.17) is 99.5 Å². The number of hydrogen-bond donors (Lipinski definition) is 34. The second-order valence-corrected chi connectivity index (χ2v) is 33.8. The highest BCUT2D eigenvalue weighted by molar-refractivity contribution is 5.74. The number of nitrogens with one attached hydrogen (secondary N) is 4. The first-order chi connectivity index (χ1) is 62.9. The summed E-state index contributed by atoms with van der Waals surface area (Å²) in [4.78, 5) is 52.7. The lowest BCUT2D eigenvalue weighted by Crippen LogP contribution is -2.72. The summed E-state index contributed by atoms with van der Waals surface area (Å²) >= 11 is 0. The van der Waals surface area contributed by atoms with Crippen molar-refractivity contribution < 1.29 is 272 Å². The number of hydrogen-bond acceptors (Lipinski definition) is 55. The van der Waals surface area contributed by atoms with Crippen molar-refractivity contribution in [2.24, 2.45) is 0 Å². The van der Waals surface area contributed by atoms with Crippen LogP contribution in [0.3, 0.4) is 0 Å². The van der Waals surface area contributed by atoms with Crippen molar-refractivity contribution >= 4 is 23.6 Å². The number of rotatable bonds is 34. The molecule has 11 rings (SSSR count).